The van der Waals surface area contributed by atoms with Crippen LogP contribution in [0.25, 0.3) is 0 Å². The molecule has 372 valence electrons. The quantitative estimate of drug-likeness (QED) is 0.0290. The van der Waals surface area contributed by atoms with Crippen LogP contribution >= 0.6 is 0 Å². The van der Waals surface area contributed by atoms with Crippen LogP contribution < -0.4 is 31.3 Å². The highest BCUT2D eigenvalue weighted by molar-refractivity contribution is 5.93. The molecule has 1 unspecified atom stereocenters. The minimum Gasteiger partial charge on any atom is -0.478 e. The Kier molecular flexibility index (Phi) is 22.0. The summed E-state index contributed by atoms with van der Waals surface area (Å²) in [5.74, 6) is -4.12. The van der Waals surface area contributed by atoms with Crippen molar-refractivity contribution in [3.63, 3.8) is 0 Å². The second-order valence-electron chi connectivity index (χ2n) is 18.7. The van der Waals surface area contributed by atoms with Crippen molar-refractivity contribution in [2.75, 3.05) is 6.54 Å². The summed E-state index contributed by atoms with van der Waals surface area (Å²) in [5, 5.41) is 35.2. The number of esters is 1. The number of aromatic amines is 1. The Morgan fingerprint density at radius 3 is 2.16 bits per heavy atom. The molecule has 1 aromatic heterocycles. The fraction of sp³-hybridized carbons (Fsp3) is 0.560. The first-order valence-electron chi connectivity index (χ1n) is 23.8. The monoisotopic (exact) mass is 946 g/mol. The van der Waals surface area contributed by atoms with Crippen molar-refractivity contribution in [2.24, 2.45) is 11.8 Å². The molecule has 1 fully saturated rings. The van der Waals surface area contributed by atoms with Gasteiger partial charge in [0.15, 0.2) is 0 Å². The summed E-state index contributed by atoms with van der Waals surface area (Å²) in [7, 11) is 0. The Hall–Kier alpha value is -6.30. The fourth-order valence-corrected chi connectivity index (χ4v) is 8.05. The first-order chi connectivity index (χ1) is 32.4. The molecule has 68 heavy (non-hydrogen) atoms. The molecular weight excluding hydrogens is 875 g/mol. The van der Waals surface area contributed by atoms with Crippen LogP contribution in [-0.2, 0) is 41.6 Å². The van der Waals surface area contributed by atoms with E-state index in [9.17, 15) is 43.8 Å². The lowest BCUT2D eigenvalue weighted by molar-refractivity contribution is -0.134. The Morgan fingerprint density at radius 2 is 1.50 bits per heavy atom. The Balaban J connectivity index is 1.40. The number of H-pyrrole nitrogens is 1. The van der Waals surface area contributed by atoms with E-state index < -0.39 is 84.0 Å². The molecular formula is C50H71N7O11. The molecule has 1 saturated carbocycles. The lowest BCUT2D eigenvalue weighted by Gasteiger charge is -2.32. The largest absolute Gasteiger partial charge is 0.478 e. The lowest BCUT2D eigenvalue weighted by atomic mass is 9.83. The third kappa shape index (κ3) is 19.1. The van der Waals surface area contributed by atoms with E-state index in [-0.39, 0.29) is 49.0 Å². The maximum Gasteiger partial charge on any atom is 0.408 e. The second-order valence-corrected chi connectivity index (χ2v) is 18.7. The number of hydrogen-bond donors (Lipinski definition) is 8. The number of aliphatic hydroxyl groups is 1. The zero-order valence-corrected chi connectivity index (χ0v) is 40.0. The number of aromatic nitrogens is 2. The molecule has 1 aliphatic carbocycles. The summed E-state index contributed by atoms with van der Waals surface area (Å²) in [6, 6.07) is 10.9. The van der Waals surface area contributed by atoms with Crippen LogP contribution in [0.1, 0.15) is 133 Å². The van der Waals surface area contributed by atoms with Crippen molar-refractivity contribution in [3.8, 4) is 5.75 Å². The van der Waals surface area contributed by atoms with Crippen LogP contribution in [0.2, 0.25) is 0 Å². The minimum absolute atomic E-state index is 0.00332. The van der Waals surface area contributed by atoms with E-state index >= 15 is 0 Å². The van der Waals surface area contributed by atoms with Gasteiger partial charge in [-0.2, -0.15) is 0 Å². The normalized spacial score (nSPS) is 15.6. The molecule has 18 nitrogen and oxygen atoms in total. The Bertz CT molecular complexity index is 2090. The summed E-state index contributed by atoms with van der Waals surface area (Å²) in [6.07, 6.45) is 7.90. The van der Waals surface area contributed by atoms with Crippen molar-refractivity contribution in [1.29, 1.82) is 0 Å². The van der Waals surface area contributed by atoms with Crippen LogP contribution in [-0.4, -0.2) is 104 Å². The van der Waals surface area contributed by atoms with Crippen molar-refractivity contribution >= 4 is 41.7 Å². The van der Waals surface area contributed by atoms with Crippen LogP contribution in [0.5, 0.6) is 5.75 Å². The van der Waals surface area contributed by atoms with E-state index in [1.165, 1.54) is 24.7 Å². The number of aromatic carboxylic acids is 1. The smallest absolute Gasteiger partial charge is 0.408 e. The number of rotatable bonds is 26. The second kappa shape index (κ2) is 27.5. The third-order valence-corrected chi connectivity index (χ3v) is 11.9. The number of carbonyl (C=O) groups excluding carboxylic acids is 6. The molecule has 8 N–H and O–H groups in total. The van der Waals surface area contributed by atoms with Crippen molar-refractivity contribution in [2.45, 2.75) is 160 Å². The number of alkyl carbamates (subject to hydrolysis) is 1. The van der Waals surface area contributed by atoms with Gasteiger partial charge in [0.25, 0.3) is 0 Å². The van der Waals surface area contributed by atoms with E-state index in [1.807, 2.05) is 44.2 Å². The zero-order chi connectivity index (χ0) is 49.6. The van der Waals surface area contributed by atoms with Gasteiger partial charge in [0.2, 0.25) is 23.6 Å². The maximum absolute atomic E-state index is 14.4. The van der Waals surface area contributed by atoms with E-state index in [0.717, 1.165) is 37.7 Å². The van der Waals surface area contributed by atoms with Crippen molar-refractivity contribution in [3.05, 3.63) is 83.9 Å². The molecule has 0 saturated heterocycles. The van der Waals surface area contributed by atoms with Gasteiger partial charge in [0.1, 0.15) is 35.0 Å². The summed E-state index contributed by atoms with van der Waals surface area (Å²) >= 11 is 0. The molecule has 4 rings (SSSR count). The predicted molar refractivity (Wildman–Crippen MR) is 253 cm³/mol. The number of unbranched alkanes of at least 4 members (excludes halogenated alkanes) is 2. The number of ether oxygens (including phenoxy) is 2. The summed E-state index contributed by atoms with van der Waals surface area (Å²) in [5.41, 5.74) is 0.363. The number of carboxylic acids is 1. The number of carbonyl (C=O) groups is 7. The number of hydrogen-bond acceptors (Lipinski definition) is 11. The maximum atomic E-state index is 14.4. The number of aliphatic hydroxyl groups excluding tert-OH is 1. The zero-order valence-electron chi connectivity index (χ0n) is 40.0. The molecule has 18 heteroatoms. The average Bonchev–Trinajstić information content (AvgIpc) is 3.81. The van der Waals surface area contributed by atoms with Gasteiger partial charge in [0, 0.05) is 37.7 Å². The predicted octanol–water partition coefficient (Wildman–Crippen LogP) is 5.29. The van der Waals surface area contributed by atoms with E-state index in [0.29, 0.717) is 37.8 Å². The number of nitrogens with one attached hydrogen (secondary N) is 6. The summed E-state index contributed by atoms with van der Waals surface area (Å²) < 4.78 is 10.7. The number of imidazole rings is 1. The summed E-state index contributed by atoms with van der Waals surface area (Å²) in [6.45, 7) is 9.13. The molecule has 0 bridgehead atoms. The Labute approximate surface area is 398 Å². The minimum atomic E-state index is -1.35. The van der Waals surface area contributed by atoms with Gasteiger partial charge >= 0.3 is 18.0 Å². The van der Waals surface area contributed by atoms with E-state index in [4.69, 9.17) is 9.47 Å². The highest BCUT2D eigenvalue weighted by atomic mass is 16.6. The van der Waals surface area contributed by atoms with Gasteiger partial charge in [0.05, 0.1) is 24.9 Å². The van der Waals surface area contributed by atoms with E-state index in [2.05, 4.69) is 36.6 Å². The van der Waals surface area contributed by atoms with Crippen LogP contribution in [0.4, 0.5) is 4.79 Å². The van der Waals surface area contributed by atoms with Crippen LogP contribution in [0, 0.1) is 11.8 Å². The first-order valence-corrected chi connectivity index (χ1v) is 23.8. The lowest BCUT2D eigenvalue weighted by Crippen LogP contribution is -2.58. The topological polar surface area (TPSA) is 267 Å². The molecule has 0 spiro atoms. The standard InChI is InChI=1S/C50H71N7O11/c1-6-32(2)44(47(63)52-25-17-9-14-24-43(60)67-41-23-16-15-22-36(41)48(64)65)57-42(59)29-40(58)37(26-33-18-10-7-11-19-33)54-46(62)39(28-35-30-51-31-53-35)55-45(61)38(27-34-20-12-8-13-21-34)56-49(66)68-50(3,4)5/h8,12-13,15-16,20-23,30-33,37-40,44,58H,6-7,9-11,14,17-19,24-29H2,1-5H3,(H,51,53)(H,52,63)(H,54,62)(H,55,61)(H,56,66)(H,57,59)(H,64,65)/t32?,37-,38-,39-,40-,44-/m0/s1. The van der Waals surface area contributed by atoms with Gasteiger partial charge in [-0.1, -0.05) is 101 Å². The number of para-hydroxylation sites is 1. The third-order valence-electron chi connectivity index (χ3n) is 11.9. The number of nitrogens with zero attached hydrogens (tertiary/aromatic N) is 1. The number of amides is 5. The first kappa shape index (κ1) is 54.3. The van der Waals surface area contributed by atoms with Crippen molar-refractivity contribution < 1.29 is 53.2 Å². The molecule has 3 aromatic rings. The molecule has 1 aliphatic rings. The molecule has 6 atom stereocenters. The average molecular weight is 946 g/mol. The number of carboxylic acid groups (broad SMARTS) is 1. The highest BCUT2D eigenvalue weighted by Gasteiger charge is 2.34. The molecule has 0 radical (unpaired) electrons. The molecule has 2 aromatic carbocycles. The molecule has 1 heterocycles. The van der Waals surface area contributed by atoms with Crippen LogP contribution in [0.15, 0.2) is 67.1 Å². The molecule has 5 amide bonds. The van der Waals surface area contributed by atoms with Gasteiger partial charge < -0.3 is 51.3 Å². The van der Waals surface area contributed by atoms with Gasteiger partial charge in [-0.05, 0) is 69.6 Å². The summed E-state index contributed by atoms with van der Waals surface area (Å²) in [4.78, 5) is 99.4. The van der Waals surface area contributed by atoms with Gasteiger partial charge in [-0.25, -0.2) is 14.6 Å². The van der Waals surface area contributed by atoms with E-state index in [1.54, 1.807) is 32.9 Å². The highest BCUT2D eigenvalue weighted by Crippen LogP contribution is 2.29. The van der Waals surface area contributed by atoms with Gasteiger partial charge in [-0.3, -0.25) is 24.0 Å². The molecule has 0 aliphatic heterocycles. The van der Waals surface area contributed by atoms with Crippen molar-refractivity contribution in [1.82, 2.24) is 36.6 Å². The number of benzene rings is 2. The van der Waals surface area contributed by atoms with Gasteiger partial charge in [-0.15, -0.1) is 0 Å². The SMILES string of the molecule is CCC(C)[C@H](NC(=O)C[C@H](O)[C@H](CC1CCCCC1)NC(=O)[C@H](Cc1cnc[nH]1)NC(=O)[C@H](Cc1ccccc1)NC(=O)OC(C)(C)C)C(=O)NCCCCCC(=O)Oc1ccccc1C(=O)O. The Morgan fingerprint density at radius 1 is 0.824 bits per heavy atom. The van der Waals surface area contributed by atoms with Crippen LogP contribution in [0.3, 0.4) is 0 Å². The fourth-order valence-electron chi connectivity index (χ4n) is 8.05.